The number of rotatable bonds is 2. The molecule has 1 aliphatic carbocycles. The Hall–Kier alpha value is -2.66. The standard InChI is InChI=1S/C22H21NO3S/c1-14-7-6-12-22(3,13-14)27(25,26)18-11-5-10-17-20(18)19-15(2)8-4-9-16(19)21(24)23-17/h4-11,13H,12H2,1-3H3,(H,23,24). The van der Waals surface area contributed by atoms with Crippen molar-refractivity contribution in [3.8, 4) is 0 Å². The molecule has 1 aliphatic rings. The molecule has 1 unspecified atom stereocenters. The third kappa shape index (κ3) is 2.57. The van der Waals surface area contributed by atoms with Crippen LogP contribution in [0.5, 0.6) is 0 Å². The Labute approximate surface area is 158 Å². The summed E-state index contributed by atoms with van der Waals surface area (Å²) in [5.74, 6) is 0. The number of aromatic amines is 1. The zero-order valence-corrected chi connectivity index (χ0v) is 16.4. The fraction of sp³-hybridized carbons (Fsp3) is 0.227. The fourth-order valence-corrected chi connectivity index (χ4v) is 5.90. The van der Waals surface area contributed by atoms with Gasteiger partial charge in [0.25, 0.3) is 5.56 Å². The van der Waals surface area contributed by atoms with Crippen molar-refractivity contribution >= 4 is 31.5 Å². The highest BCUT2D eigenvalue weighted by Crippen LogP contribution is 2.39. The SMILES string of the molecule is CC1=CC(C)(S(=O)(=O)c2cccc3[nH]c(=O)c4cccc(C)c4c23)CC=C1. The van der Waals surface area contributed by atoms with Crippen LogP contribution in [0.2, 0.25) is 0 Å². The predicted octanol–water partition coefficient (Wildman–Crippen LogP) is 4.43. The smallest absolute Gasteiger partial charge is 0.256 e. The summed E-state index contributed by atoms with van der Waals surface area (Å²) in [5, 5.41) is 1.80. The zero-order valence-electron chi connectivity index (χ0n) is 15.5. The largest absolute Gasteiger partial charge is 0.321 e. The van der Waals surface area contributed by atoms with Crippen LogP contribution in [0.3, 0.4) is 0 Å². The molecule has 4 rings (SSSR count). The highest BCUT2D eigenvalue weighted by Gasteiger charge is 2.39. The van der Waals surface area contributed by atoms with Crippen LogP contribution < -0.4 is 5.56 Å². The lowest BCUT2D eigenvalue weighted by Gasteiger charge is -2.28. The molecule has 4 nitrogen and oxygen atoms in total. The molecule has 0 spiro atoms. The van der Waals surface area contributed by atoms with Gasteiger partial charge in [-0.15, -0.1) is 0 Å². The Morgan fingerprint density at radius 2 is 1.78 bits per heavy atom. The summed E-state index contributed by atoms with van der Waals surface area (Å²) >= 11 is 0. The van der Waals surface area contributed by atoms with Gasteiger partial charge in [0, 0.05) is 16.2 Å². The van der Waals surface area contributed by atoms with Gasteiger partial charge in [-0.2, -0.15) is 0 Å². The highest BCUT2D eigenvalue weighted by atomic mass is 32.2. The average Bonchev–Trinajstić information content (AvgIpc) is 2.61. The molecule has 0 saturated carbocycles. The molecule has 0 saturated heterocycles. The lowest BCUT2D eigenvalue weighted by molar-refractivity contribution is 0.562. The van der Waals surface area contributed by atoms with Gasteiger partial charge in [0.15, 0.2) is 9.84 Å². The molecule has 0 fully saturated rings. The van der Waals surface area contributed by atoms with Crippen LogP contribution >= 0.6 is 0 Å². The second-order valence-electron chi connectivity index (χ2n) is 7.44. The van der Waals surface area contributed by atoms with E-state index >= 15 is 0 Å². The number of H-pyrrole nitrogens is 1. The van der Waals surface area contributed by atoms with Gasteiger partial charge in [-0.05, 0) is 51.0 Å². The molecule has 5 heteroatoms. The number of aryl methyl sites for hydroxylation is 1. The molecule has 0 radical (unpaired) electrons. The fourth-order valence-electron chi connectivity index (χ4n) is 4.00. The molecule has 27 heavy (non-hydrogen) atoms. The Bertz CT molecular complexity index is 1310. The number of allylic oxidation sites excluding steroid dienone is 3. The summed E-state index contributed by atoms with van der Waals surface area (Å²) < 4.78 is 26.5. The lowest BCUT2D eigenvalue weighted by atomic mass is 9.98. The minimum Gasteiger partial charge on any atom is -0.321 e. The molecule has 1 N–H and O–H groups in total. The van der Waals surface area contributed by atoms with Crippen molar-refractivity contribution in [2.24, 2.45) is 0 Å². The molecule has 1 atom stereocenters. The molecule has 3 aromatic rings. The Kier molecular flexibility index (Phi) is 3.89. The molecule has 1 aromatic heterocycles. The molecule has 138 valence electrons. The van der Waals surface area contributed by atoms with E-state index in [1.54, 1.807) is 31.2 Å². The highest BCUT2D eigenvalue weighted by molar-refractivity contribution is 7.93. The Morgan fingerprint density at radius 3 is 2.52 bits per heavy atom. The molecule has 2 aromatic carbocycles. The Morgan fingerprint density at radius 1 is 1.04 bits per heavy atom. The van der Waals surface area contributed by atoms with Gasteiger partial charge >= 0.3 is 0 Å². The normalized spacial score (nSPS) is 20.2. The van der Waals surface area contributed by atoms with Crippen molar-refractivity contribution in [3.05, 3.63) is 76.1 Å². The number of fused-ring (bicyclic) bond motifs is 3. The second kappa shape index (κ2) is 5.92. The van der Waals surface area contributed by atoms with E-state index in [9.17, 15) is 13.2 Å². The van der Waals surface area contributed by atoms with E-state index in [2.05, 4.69) is 4.98 Å². The molecule has 0 amide bonds. The minimum absolute atomic E-state index is 0.210. The van der Waals surface area contributed by atoms with Gasteiger partial charge in [0.05, 0.1) is 15.2 Å². The van der Waals surface area contributed by atoms with E-state index in [0.29, 0.717) is 28.1 Å². The second-order valence-corrected chi connectivity index (χ2v) is 9.82. The van der Waals surface area contributed by atoms with Crippen LogP contribution in [0.25, 0.3) is 21.7 Å². The first-order valence-electron chi connectivity index (χ1n) is 8.89. The zero-order chi connectivity index (χ0) is 19.4. The topological polar surface area (TPSA) is 67.0 Å². The van der Waals surface area contributed by atoms with Crippen molar-refractivity contribution in [2.45, 2.75) is 36.8 Å². The monoisotopic (exact) mass is 379 g/mol. The average molecular weight is 379 g/mol. The van der Waals surface area contributed by atoms with Crippen LogP contribution in [-0.2, 0) is 9.84 Å². The van der Waals surface area contributed by atoms with Crippen LogP contribution in [0, 0.1) is 6.92 Å². The summed E-state index contributed by atoms with van der Waals surface area (Å²) in [6.45, 7) is 5.57. The van der Waals surface area contributed by atoms with Gasteiger partial charge in [0.2, 0.25) is 0 Å². The number of aromatic nitrogens is 1. The van der Waals surface area contributed by atoms with E-state index in [-0.39, 0.29) is 10.5 Å². The molecular weight excluding hydrogens is 358 g/mol. The number of pyridine rings is 1. The van der Waals surface area contributed by atoms with Crippen molar-refractivity contribution in [1.82, 2.24) is 4.98 Å². The maximum absolute atomic E-state index is 13.7. The minimum atomic E-state index is -3.69. The first-order valence-corrected chi connectivity index (χ1v) is 10.4. The van der Waals surface area contributed by atoms with Crippen LogP contribution in [0.15, 0.2) is 69.9 Å². The molecular formula is C22H21NO3S. The lowest BCUT2D eigenvalue weighted by Crippen LogP contribution is -2.34. The van der Waals surface area contributed by atoms with Gasteiger partial charge in [-0.1, -0.05) is 42.0 Å². The van der Waals surface area contributed by atoms with E-state index in [0.717, 1.165) is 11.1 Å². The van der Waals surface area contributed by atoms with Crippen LogP contribution in [0.1, 0.15) is 25.8 Å². The van der Waals surface area contributed by atoms with Crippen molar-refractivity contribution < 1.29 is 8.42 Å². The molecule has 0 bridgehead atoms. The number of hydrogen-bond donors (Lipinski definition) is 1. The Balaban J connectivity index is 2.16. The first-order chi connectivity index (χ1) is 12.7. The van der Waals surface area contributed by atoms with Crippen molar-refractivity contribution in [2.75, 3.05) is 0 Å². The van der Waals surface area contributed by atoms with E-state index in [1.807, 2.05) is 44.2 Å². The van der Waals surface area contributed by atoms with Crippen molar-refractivity contribution in [3.63, 3.8) is 0 Å². The molecule has 1 heterocycles. The van der Waals surface area contributed by atoms with Gasteiger partial charge in [-0.3, -0.25) is 4.79 Å². The third-order valence-electron chi connectivity index (χ3n) is 5.38. The summed E-state index contributed by atoms with van der Waals surface area (Å²) in [6.07, 6.45) is 6.09. The summed E-state index contributed by atoms with van der Waals surface area (Å²) in [7, 11) is -3.69. The maximum atomic E-state index is 13.7. The van der Waals surface area contributed by atoms with Crippen LogP contribution in [-0.4, -0.2) is 18.1 Å². The quantitative estimate of drug-likeness (QED) is 0.670. The molecule has 0 aliphatic heterocycles. The van der Waals surface area contributed by atoms with Gasteiger partial charge in [0.1, 0.15) is 0 Å². The predicted molar refractivity (Wildman–Crippen MR) is 110 cm³/mol. The number of benzene rings is 2. The van der Waals surface area contributed by atoms with E-state index in [4.69, 9.17) is 0 Å². The third-order valence-corrected chi connectivity index (χ3v) is 7.81. The van der Waals surface area contributed by atoms with Crippen LogP contribution in [0.4, 0.5) is 0 Å². The number of sulfone groups is 1. The van der Waals surface area contributed by atoms with Gasteiger partial charge < -0.3 is 4.98 Å². The summed E-state index contributed by atoms with van der Waals surface area (Å²) in [5.41, 5.74) is 2.14. The van der Waals surface area contributed by atoms with Crippen molar-refractivity contribution in [1.29, 1.82) is 0 Å². The first kappa shape index (κ1) is 17.7. The van der Waals surface area contributed by atoms with E-state index in [1.165, 1.54) is 0 Å². The van der Waals surface area contributed by atoms with Gasteiger partial charge in [-0.25, -0.2) is 8.42 Å². The number of nitrogens with one attached hydrogen (secondary N) is 1. The summed E-state index contributed by atoms with van der Waals surface area (Å²) in [6, 6.07) is 10.5. The maximum Gasteiger partial charge on any atom is 0.256 e. The van der Waals surface area contributed by atoms with E-state index < -0.39 is 14.6 Å². The number of hydrogen-bond acceptors (Lipinski definition) is 3. The summed E-state index contributed by atoms with van der Waals surface area (Å²) in [4.78, 5) is 15.6.